The molecule has 3 nitrogen and oxygen atoms in total. The molecule has 0 spiro atoms. The number of rotatable bonds is 5. The Morgan fingerprint density at radius 3 is 2.63 bits per heavy atom. The van der Waals surface area contributed by atoms with Crippen LogP contribution in [0.15, 0.2) is 0 Å². The van der Waals surface area contributed by atoms with Gasteiger partial charge in [0.1, 0.15) is 0 Å². The molecule has 0 aromatic heterocycles. The predicted molar refractivity (Wildman–Crippen MR) is 83.8 cm³/mol. The summed E-state index contributed by atoms with van der Waals surface area (Å²) in [6.07, 6.45) is 5.30. The molecule has 1 fully saturated rings. The molecule has 1 rings (SSSR count). The van der Waals surface area contributed by atoms with Gasteiger partial charge in [0.25, 0.3) is 0 Å². The van der Waals surface area contributed by atoms with Crippen LogP contribution in [0.3, 0.4) is 0 Å². The lowest BCUT2D eigenvalue weighted by Crippen LogP contribution is -2.42. The lowest BCUT2D eigenvalue weighted by atomic mass is 9.89. The van der Waals surface area contributed by atoms with Crippen molar-refractivity contribution < 1.29 is 4.79 Å². The van der Waals surface area contributed by atoms with Gasteiger partial charge in [0.2, 0.25) is 5.91 Å². The maximum atomic E-state index is 12.1. The standard InChI is InChI=1S/C15H30N2O.ClH/c1-15(2,3)9-5-8-14(18)17-10-6-7-13(12-17)11-16-4;/h13,16H,5-12H2,1-4H3;1H. The Kier molecular flexibility index (Phi) is 8.67. The van der Waals surface area contributed by atoms with Crippen LogP contribution in [0, 0.1) is 11.3 Å². The van der Waals surface area contributed by atoms with Crippen molar-refractivity contribution in [2.45, 2.75) is 52.9 Å². The molecule has 1 amide bonds. The SMILES string of the molecule is CNCC1CCCN(C(=O)CCCC(C)(C)C)C1.Cl. The first-order chi connectivity index (χ1) is 8.42. The molecule has 0 radical (unpaired) electrons. The Balaban J connectivity index is 0.00000324. The average Bonchev–Trinajstić information content (AvgIpc) is 2.28. The minimum atomic E-state index is 0. The van der Waals surface area contributed by atoms with Crippen LogP contribution in [0.5, 0.6) is 0 Å². The van der Waals surface area contributed by atoms with Crippen LogP contribution in [0.25, 0.3) is 0 Å². The van der Waals surface area contributed by atoms with E-state index in [1.54, 1.807) is 0 Å². The number of carbonyl (C=O) groups is 1. The number of halogens is 1. The molecule has 4 heteroatoms. The van der Waals surface area contributed by atoms with E-state index in [9.17, 15) is 4.79 Å². The lowest BCUT2D eigenvalue weighted by Gasteiger charge is -2.33. The zero-order chi connectivity index (χ0) is 13.6. The highest BCUT2D eigenvalue weighted by molar-refractivity contribution is 5.85. The molecule has 1 N–H and O–H groups in total. The van der Waals surface area contributed by atoms with E-state index in [0.717, 1.165) is 45.3 Å². The number of nitrogens with one attached hydrogen (secondary N) is 1. The number of carbonyl (C=O) groups excluding carboxylic acids is 1. The minimum Gasteiger partial charge on any atom is -0.342 e. The molecule has 0 aromatic carbocycles. The average molecular weight is 291 g/mol. The molecule has 1 unspecified atom stereocenters. The van der Waals surface area contributed by atoms with Crippen molar-refractivity contribution in [3.63, 3.8) is 0 Å². The van der Waals surface area contributed by atoms with Gasteiger partial charge in [-0.15, -0.1) is 12.4 Å². The monoisotopic (exact) mass is 290 g/mol. The van der Waals surface area contributed by atoms with Crippen molar-refractivity contribution in [1.82, 2.24) is 10.2 Å². The first-order valence-corrected chi connectivity index (χ1v) is 7.35. The summed E-state index contributed by atoms with van der Waals surface area (Å²) in [5, 5.41) is 3.22. The fraction of sp³-hybridized carbons (Fsp3) is 0.933. The summed E-state index contributed by atoms with van der Waals surface area (Å²) in [5.74, 6) is 1.01. The molecule has 1 aliphatic rings. The summed E-state index contributed by atoms with van der Waals surface area (Å²) in [7, 11) is 1.99. The highest BCUT2D eigenvalue weighted by Gasteiger charge is 2.23. The molecule has 1 heterocycles. The second-order valence-electron chi connectivity index (χ2n) is 6.82. The van der Waals surface area contributed by atoms with E-state index < -0.39 is 0 Å². The van der Waals surface area contributed by atoms with Gasteiger partial charge in [0, 0.05) is 19.5 Å². The fourth-order valence-corrected chi connectivity index (χ4v) is 2.67. The van der Waals surface area contributed by atoms with Gasteiger partial charge in [-0.05, 0) is 50.6 Å². The van der Waals surface area contributed by atoms with E-state index >= 15 is 0 Å². The second-order valence-corrected chi connectivity index (χ2v) is 6.82. The lowest BCUT2D eigenvalue weighted by molar-refractivity contribution is -0.133. The fourth-order valence-electron chi connectivity index (χ4n) is 2.67. The molecule has 0 bridgehead atoms. The van der Waals surface area contributed by atoms with Crippen LogP contribution in [0.4, 0.5) is 0 Å². The maximum Gasteiger partial charge on any atom is 0.222 e. The van der Waals surface area contributed by atoms with E-state index in [2.05, 4.69) is 31.0 Å². The first-order valence-electron chi connectivity index (χ1n) is 7.35. The summed E-state index contributed by atoms with van der Waals surface area (Å²) in [4.78, 5) is 14.2. The number of hydrogen-bond acceptors (Lipinski definition) is 2. The Morgan fingerprint density at radius 1 is 1.37 bits per heavy atom. The number of likely N-dealkylation sites (tertiary alicyclic amines) is 1. The number of nitrogens with zero attached hydrogens (tertiary/aromatic N) is 1. The Bertz CT molecular complexity index is 261. The quantitative estimate of drug-likeness (QED) is 0.844. The van der Waals surface area contributed by atoms with Crippen molar-refractivity contribution in [1.29, 1.82) is 0 Å². The zero-order valence-corrected chi connectivity index (χ0v) is 13.8. The molecule has 1 saturated heterocycles. The van der Waals surface area contributed by atoms with Gasteiger partial charge in [-0.25, -0.2) is 0 Å². The maximum absolute atomic E-state index is 12.1. The van der Waals surface area contributed by atoms with Crippen molar-refractivity contribution in [3.05, 3.63) is 0 Å². The number of piperidine rings is 1. The normalized spacial score (nSPS) is 20.0. The van der Waals surface area contributed by atoms with E-state index in [1.165, 1.54) is 6.42 Å². The van der Waals surface area contributed by atoms with Gasteiger partial charge < -0.3 is 10.2 Å². The van der Waals surface area contributed by atoms with Crippen LogP contribution in [0.1, 0.15) is 52.9 Å². The van der Waals surface area contributed by atoms with Gasteiger partial charge in [0.05, 0.1) is 0 Å². The van der Waals surface area contributed by atoms with E-state index in [0.29, 0.717) is 17.2 Å². The topological polar surface area (TPSA) is 32.3 Å². The Hall–Kier alpha value is -0.280. The number of hydrogen-bond donors (Lipinski definition) is 1. The smallest absolute Gasteiger partial charge is 0.222 e. The zero-order valence-electron chi connectivity index (χ0n) is 13.0. The number of amides is 1. The first kappa shape index (κ1) is 18.7. The minimum absolute atomic E-state index is 0. The van der Waals surface area contributed by atoms with Gasteiger partial charge in [0.15, 0.2) is 0 Å². The van der Waals surface area contributed by atoms with Crippen LogP contribution >= 0.6 is 12.4 Å². The van der Waals surface area contributed by atoms with Crippen LogP contribution in [0.2, 0.25) is 0 Å². The van der Waals surface area contributed by atoms with Crippen molar-refractivity contribution >= 4 is 18.3 Å². The van der Waals surface area contributed by atoms with Crippen LogP contribution in [-0.4, -0.2) is 37.5 Å². The van der Waals surface area contributed by atoms with Gasteiger partial charge in [-0.2, -0.15) is 0 Å². The van der Waals surface area contributed by atoms with Crippen LogP contribution < -0.4 is 5.32 Å². The van der Waals surface area contributed by atoms with E-state index in [-0.39, 0.29) is 12.4 Å². The molecule has 0 aromatic rings. The molecular weight excluding hydrogens is 260 g/mol. The Labute approximate surface area is 124 Å². The molecular formula is C15H31ClN2O. The molecule has 1 aliphatic heterocycles. The molecule has 0 saturated carbocycles. The summed E-state index contributed by atoms with van der Waals surface area (Å²) in [6.45, 7) is 9.67. The van der Waals surface area contributed by atoms with E-state index in [4.69, 9.17) is 0 Å². The molecule has 19 heavy (non-hydrogen) atoms. The van der Waals surface area contributed by atoms with Crippen molar-refractivity contribution in [3.8, 4) is 0 Å². The largest absolute Gasteiger partial charge is 0.342 e. The molecule has 0 aliphatic carbocycles. The summed E-state index contributed by atoms with van der Waals surface area (Å²) < 4.78 is 0. The van der Waals surface area contributed by atoms with E-state index in [1.807, 2.05) is 7.05 Å². The third kappa shape index (κ3) is 7.78. The third-order valence-corrected chi connectivity index (χ3v) is 3.68. The Morgan fingerprint density at radius 2 is 2.05 bits per heavy atom. The summed E-state index contributed by atoms with van der Waals surface area (Å²) >= 11 is 0. The highest BCUT2D eigenvalue weighted by Crippen LogP contribution is 2.23. The van der Waals surface area contributed by atoms with Crippen molar-refractivity contribution in [2.75, 3.05) is 26.7 Å². The second kappa shape index (κ2) is 8.80. The van der Waals surface area contributed by atoms with Crippen LogP contribution in [-0.2, 0) is 4.79 Å². The third-order valence-electron chi connectivity index (χ3n) is 3.68. The van der Waals surface area contributed by atoms with Gasteiger partial charge >= 0.3 is 0 Å². The highest BCUT2D eigenvalue weighted by atomic mass is 35.5. The van der Waals surface area contributed by atoms with Gasteiger partial charge in [-0.1, -0.05) is 20.8 Å². The summed E-state index contributed by atoms with van der Waals surface area (Å²) in [6, 6.07) is 0. The van der Waals surface area contributed by atoms with Gasteiger partial charge in [-0.3, -0.25) is 4.79 Å². The predicted octanol–water partition coefficient (Wildman–Crippen LogP) is 3.08. The molecule has 114 valence electrons. The summed E-state index contributed by atoms with van der Waals surface area (Å²) in [5.41, 5.74) is 0.344. The molecule has 1 atom stereocenters. The van der Waals surface area contributed by atoms with Crippen molar-refractivity contribution in [2.24, 2.45) is 11.3 Å².